The number of carbonyl (C=O) groups excluding carboxylic acids is 1. The summed E-state index contributed by atoms with van der Waals surface area (Å²) in [4.78, 5) is 18.2. The standard InChI is InChI=1S/C15H10BrClN2OS2/c1-8-4-5-21-12(8)7-13-14(20)19-15(22-13)18-9-2-3-10(16)11(17)6-9/h2-7H,1H3,(H,18,19,20)/b13-7-. The highest BCUT2D eigenvalue weighted by atomic mass is 79.9. The summed E-state index contributed by atoms with van der Waals surface area (Å²) < 4.78 is 0.815. The fraction of sp³-hybridized carbons (Fsp3) is 0.0667. The predicted molar refractivity (Wildman–Crippen MR) is 99.0 cm³/mol. The van der Waals surface area contributed by atoms with E-state index in [-0.39, 0.29) is 5.91 Å². The second kappa shape index (κ2) is 6.58. The number of carbonyl (C=O) groups is 1. The van der Waals surface area contributed by atoms with Gasteiger partial charge in [-0.25, -0.2) is 4.99 Å². The first-order valence-electron chi connectivity index (χ1n) is 6.31. The van der Waals surface area contributed by atoms with Gasteiger partial charge >= 0.3 is 0 Å². The fourth-order valence-electron chi connectivity index (χ4n) is 1.80. The SMILES string of the molecule is Cc1ccsc1/C=C1\SC(=Nc2ccc(Br)c(Cl)c2)NC1=O. The average molecular weight is 414 g/mol. The van der Waals surface area contributed by atoms with Crippen LogP contribution in [0.25, 0.3) is 6.08 Å². The molecule has 7 heteroatoms. The molecule has 0 saturated carbocycles. The minimum absolute atomic E-state index is 0.125. The van der Waals surface area contributed by atoms with Crippen LogP contribution >= 0.6 is 50.6 Å². The van der Waals surface area contributed by atoms with Gasteiger partial charge < -0.3 is 5.32 Å². The first-order chi connectivity index (χ1) is 10.5. The number of halogens is 2. The Morgan fingerprint density at radius 1 is 1.36 bits per heavy atom. The Hall–Kier alpha value is -1.08. The van der Waals surface area contributed by atoms with Gasteiger partial charge in [-0.05, 0) is 75.9 Å². The van der Waals surface area contributed by atoms with Crippen molar-refractivity contribution in [1.29, 1.82) is 0 Å². The van der Waals surface area contributed by atoms with Crippen LogP contribution in [0.5, 0.6) is 0 Å². The Labute approximate surface area is 149 Å². The van der Waals surface area contributed by atoms with Crippen molar-refractivity contribution in [2.24, 2.45) is 4.99 Å². The van der Waals surface area contributed by atoms with Crippen LogP contribution in [0.15, 0.2) is 44.0 Å². The lowest BCUT2D eigenvalue weighted by Gasteiger charge is -1.99. The quantitative estimate of drug-likeness (QED) is 0.673. The molecular formula is C15H10BrClN2OS2. The van der Waals surface area contributed by atoms with Gasteiger partial charge in [0.1, 0.15) is 0 Å². The summed E-state index contributed by atoms with van der Waals surface area (Å²) in [5.41, 5.74) is 1.86. The number of aliphatic imine (C=N–C) groups is 1. The number of amides is 1. The molecule has 1 fully saturated rings. The predicted octanol–water partition coefficient (Wildman–Crippen LogP) is 5.36. The number of hydrogen-bond acceptors (Lipinski definition) is 4. The van der Waals surface area contributed by atoms with E-state index in [1.165, 1.54) is 11.8 Å². The van der Waals surface area contributed by atoms with E-state index in [9.17, 15) is 4.79 Å². The molecule has 1 aliphatic heterocycles. The molecule has 22 heavy (non-hydrogen) atoms. The summed E-state index contributed by atoms with van der Waals surface area (Å²) in [6.45, 7) is 2.03. The van der Waals surface area contributed by atoms with Crippen molar-refractivity contribution in [3.05, 3.63) is 54.5 Å². The number of amidine groups is 1. The molecule has 1 aromatic heterocycles. The maximum atomic E-state index is 12.0. The maximum absolute atomic E-state index is 12.0. The van der Waals surface area contributed by atoms with E-state index in [4.69, 9.17) is 11.6 Å². The maximum Gasteiger partial charge on any atom is 0.264 e. The third-order valence-corrected chi connectivity index (χ3v) is 6.06. The summed E-state index contributed by atoms with van der Waals surface area (Å²) >= 11 is 12.3. The number of aryl methyl sites for hydroxylation is 1. The van der Waals surface area contributed by atoms with Crippen LogP contribution in [0, 0.1) is 6.92 Å². The third-order valence-electron chi connectivity index (χ3n) is 2.95. The van der Waals surface area contributed by atoms with E-state index < -0.39 is 0 Å². The van der Waals surface area contributed by atoms with E-state index in [1.807, 2.05) is 36.6 Å². The highest BCUT2D eigenvalue weighted by Crippen LogP contribution is 2.32. The lowest BCUT2D eigenvalue weighted by atomic mass is 10.3. The lowest BCUT2D eigenvalue weighted by molar-refractivity contribution is -0.115. The second-order valence-corrected chi connectivity index (χ2v) is 7.79. The van der Waals surface area contributed by atoms with Crippen LogP contribution in [-0.2, 0) is 4.79 Å². The summed E-state index contributed by atoms with van der Waals surface area (Å²) in [6, 6.07) is 7.44. The normalized spacial score (nSPS) is 18.2. The Kier molecular flexibility index (Phi) is 4.73. The first-order valence-corrected chi connectivity index (χ1v) is 9.18. The van der Waals surface area contributed by atoms with Gasteiger partial charge in [-0.1, -0.05) is 11.6 Å². The molecule has 0 radical (unpaired) electrons. The number of nitrogens with zero attached hydrogens (tertiary/aromatic N) is 1. The number of rotatable bonds is 2. The van der Waals surface area contributed by atoms with E-state index in [1.54, 1.807) is 17.4 Å². The molecule has 0 bridgehead atoms. The zero-order valence-electron chi connectivity index (χ0n) is 11.4. The first kappa shape index (κ1) is 15.8. The van der Waals surface area contributed by atoms with Gasteiger partial charge in [0.05, 0.1) is 15.6 Å². The molecule has 1 amide bonds. The van der Waals surface area contributed by atoms with E-state index in [2.05, 4.69) is 26.2 Å². The van der Waals surface area contributed by atoms with E-state index in [0.717, 1.165) is 14.9 Å². The second-order valence-electron chi connectivity index (χ2n) is 4.55. The zero-order chi connectivity index (χ0) is 15.7. The highest BCUT2D eigenvalue weighted by Gasteiger charge is 2.24. The minimum atomic E-state index is -0.125. The molecule has 2 heterocycles. The molecule has 0 spiro atoms. The molecule has 3 nitrogen and oxygen atoms in total. The van der Waals surface area contributed by atoms with Crippen LogP contribution in [-0.4, -0.2) is 11.1 Å². The molecule has 3 rings (SSSR count). The van der Waals surface area contributed by atoms with Crippen LogP contribution in [0.2, 0.25) is 5.02 Å². The van der Waals surface area contributed by atoms with Crippen molar-refractivity contribution in [1.82, 2.24) is 5.32 Å². The van der Waals surface area contributed by atoms with E-state index >= 15 is 0 Å². The molecule has 0 atom stereocenters. The van der Waals surface area contributed by atoms with Crippen LogP contribution in [0.4, 0.5) is 5.69 Å². The summed E-state index contributed by atoms with van der Waals surface area (Å²) in [5.74, 6) is -0.125. The zero-order valence-corrected chi connectivity index (χ0v) is 15.4. The van der Waals surface area contributed by atoms with Gasteiger partial charge in [0, 0.05) is 9.35 Å². The topological polar surface area (TPSA) is 41.5 Å². The number of nitrogens with one attached hydrogen (secondary N) is 1. The van der Waals surface area contributed by atoms with Crippen LogP contribution in [0.3, 0.4) is 0 Å². The molecule has 0 unspecified atom stereocenters. The van der Waals surface area contributed by atoms with Gasteiger partial charge in [-0.2, -0.15) is 0 Å². The fourth-order valence-corrected chi connectivity index (χ4v) is 3.98. The van der Waals surface area contributed by atoms with Gasteiger partial charge in [0.15, 0.2) is 5.17 Å². The molecule has 1 saturated heterocycles. The summed E-state index contributed by atoms with van der Waals surface area (Å²) in [7, 11) is 0. The van der Waals surface area contributed by atoms with Crippen molar-refractivity contribution < 1.29 is 4.79 Å². The molecule has 112 valence electrons. The van der Waals surface area contributed by atoms with Gasteiger partial charge in [0.25, 0.3) is 5.91 Å². The Morgan fingerprint density at radius 3 is 2.86 bits per heavy atom. The van der Waals surface area contributed by atoms with Gasteiger partial charge in [0.2, 0.25) is 0 Å². The number of benzene rings is 1. The van der Waals surface area contributed by atoms with Crippen molar-refractivity contribution in [2.45, 2.75) is 6.92 Å². The Balaban J connectivity index is 1.85. The Morgan fingerprint density at radius 2 is 2.18 bits per heavy atom. The number of thiophene rings is 1. The van der Waals surface area contributed by atoms with Crippen molar-refractivity contribution in [3.8, 4) is 0 Å². The van der Waals surface area contributed by atoms with Crippen LogP contribution < -0.4 is 5.32 Å². The molecule has 1 aliphatic rings. The average Bonchev–Trinajstić information content (AvgIpc) is 3.02. The number of thioether (sulfide) groups is 1. The largest absolute Gasteiger partial charge is 0.300 e. The van der Waals surface area contributed by atoms with E-state index in [0.29, 0.717) is 20.8 Å². The summed E-state index contributed by atoms with van der Waals surface area (Å²) in [6.07, 6.45) is 1.90. The molecular weight excluding hydrogens is 404 g/mol. The van der Waals surface area contributed by atoms with Gasteiger partial charge in [-0.15, -0.1) is 11.3 Å². The lowest BCUT2D eigenvalue weighted by Crippen LogP contribution is -2.19. The third kappa shape index (κ3) is 3.46. The molecule has 0 aliphatic carbocycles. The molecule has 2 aromatic rings. The smallest absolute Gasteiger partial charge is 0.264 e. The van der Waals surface area contributed by atoms with Crippen molar-refractivity contribution in [2.75, 3.05) is 0 Å². The van der Waals surface area contributed by atoms with Crippen LogP contribution in [0.1, 0.15) is 10.4 Å². The highest BCUT2D eigenvalue weighted by molar-refractivity contribution is 9.10. The summed E-state index contributed by atoms with van der Waals surface area (Å²) in [5, 5.41) is 5.93. The number of hydrogen-bond donors (Lipinski definition) is 1. The van der Waals surface area contributed by atoms with Gasteiger partial charge in [-0.3, -0.25) is 4.79 Å². The Bertz CT molecular complexity index is 814. The molecule has 1 N–H and O–H groups in total. The monoisotopic (exact) mass is 412 g/mol. The molecule has 1 aromatic carbocycles. The minimum Gasteiger partial charge on any atom is -0.300 e. The van der Waals surface area contributed by atoms with Crippen molar-refractivity contribution >= 4 is 73.5 Å². The van der Waals surface area contributed by atoms with Crippen molar-refractivity contribution in [3.63, 3.8) is 0 Å².